The van der Waals surface area contributed by atoms with Crippen LogP contribution in [0.1, 0.15) is 17.2 Å². The van der Waals surface area contributed by atoms with Gasteiger partial charge in [-0.15, -0.1) is 0 Å². The van der Waals surface area contributed by atoms with Gasteiger partial charge in [0, 0.05) is 5.56 Å². The summed E-state index contributed by atoms with van der Waals surface area (Å²) in [7, 11) is 0. The highest BCUT2D eigenvalue weighted by atomic mass is 16.6. The number of fused-ring (bicyclic) bond motifs is 3. The molecule has 0 N–H and O–H groups in total. The van der Waals surface area contributed by atoms with E-state index in [1.54, 1.807) is 6.26 Å². The van der Waals surface area contributed by atoms with Gasteiger partial charge in [0.1, 0.15) is 5.75 Å². The van der Waals surface area contributed by atoms with Crippen LogP contribution in [0.2, 0.25) is 0 Å². The molecule has 1 aromatic rings. The zero-order valence-corrected chi connectivity index (χ0v) is 7.36. The summed E-state index contributed by atoms with van der Waals surface area (Å²) < 4.78 is 11.1. The van der Waals surface area contributed by atoms with E-state index in [0.717, 1.165) is 5.75 Å². The number of aryl methyl sites for hydroxylation is 1. The van der Waals surface area contributed by atoms with Crippen molar-refractivity contribution in [2.75, 3.05) is 0 Å². The zero-order valence-electron chi connectivity index (χ0n) is 7.36. The van der Waals surface area contributed by atoms with Crippen molar-refractivity contribution >= 4 is 0 Å². The van der Waals surface area contributed by atoms with Gasteiger partial charge in [-0.3, -0.25) is 0 Å². The molecule has 0 radical (unpaired) electrons. The minimum atomic E-state index is 0.0925. The van der Waals surface area contributed by atoms with Crippen LogP contribution in [0.4, 0.5) is 0 Å². The van der Waals surface area contributed by atoms with Crippen LogP contribution < -0.4 is 4.74 Å². The van der Waals surface area contributed by atoms with Gasteiger partial charge >= 0.3 is 0 Å². The molecule has 0 saturated carbocycles. The molecular formula is C11H10O2. The summed E-state index contributed by atoms with van der Waals surface area (Å²) in [6, 6.07) is 6.21. The highest BCUT2D eigenvalue weighted by molar-refractivity contribution is 5.44. The molecule has 0 saturated heterocycles. The van der Waals surface area contributed by atoms with Crippen molar-refractivity contribution in [2.45, 2.75) is 19.1 Å². The monoisotopic (exact) mass is 174 g/mol. The number of benzene rings is 1. The average molecular weight is 174 g/mol. The highest BCUT2D eigenvalue weighted by Gasteiger charge is 2.36. The van der Waals surface area contributed by atoms with E-state index >= 15 is 0 Å². The maximum Gasteiger partial charge on any atom is 0.167 e. The molecule has 3 rings (SSSR count). The van der Waals surface area contributed by atoms with Crippen LogP contribution in [-0.2, 0) is 4.74 Å². The molecule has 1 aromatic carbocycles. The second-order valence-corrected chi connectivity index (χ2v) is 3.51. The van der Waals surface area contributed by atoms with Gasteiger partial charge in [0.2, 0.25) is 0 Å². The van der Waals surface area contributed by atoms with Crippen LogP contribution in [-0.4, -0.2) is 6.10 Å². The Morgan fingerprint density at radius 2 is 2.23 bits per heavy atom. The van der Waals surface area contributed by atoms with Crippen LogP contribution in [0.3, 0.4) is 0 Å². The Kier molecular flexibility index (Phi) is 1.23. The van der Waals surface area contributed by atoms with E-state index in [1.807, 2.05) is 12.1 Å². The van der Waals surface area contributed by atoms with Crippen LogP contribution >= 0.6 is 0 Å². The Morgan fingerprint density at radius 3 is 3.15 bits per heavy atom. The van der Waals surface area contributed by atoms with E-state index in [2.05, 4.69) is 19.1 Å². The van der Waals surface area contributed by atoms with Crippen molar-refractivity contribution in [2.24, 2.45) is 0 Å². The predicted octanol–water partition coefficient (Wildman–Crippen LogP) is 2.34. The van der Waals surface area contributed by atoms with Gasteiger partial charge in [0.25, 0.3) is 0 Å². The Hall–Kier alpha value is -1.44. The Labute approximate surface area is 76.8 Å². The first-order valence-corrected chi connectivity index (χ1v) is 4.44. The standard InChI is InChI=1S/C11H10O2/c1-7-2-3-9-8(6-7)11-10(13-9)4-5-12-11/h2-6,10-11H,1H3/t10-,11-/m1/s1. The first kappa shape index (κ1) is 7.01. The lowest BCUT2D eigenvalue weighted by Gasteiger charge is -2.07. The van der Waals surface area contributed by atoms with Gasteiger partial charge in [-0.25, -0.2) is 0 Å². The summed E-state index contributed by atoms with van der Waals surface area (Å²) in [5.74, 6) is 0.963. The van der Waals surface area contributed by atoms with Crippen LogP contribution in [0, 0.1) is 6.92 Å². The molecule has 0 fully saturated rings. The third-order valence-corrected chi connectivity index (χ3v) is 2.53. The Morgan fingerprint density at radius 1 is 1.31 bits per heavy atom. The first-order valence-electron chi connectivity index (χ1n) is 4.44. The van der Waals surface area contributed by atoms with Crippen LogP contribution in [0.25, 0.3) is 0 Å². The van der Waals surface area contributed by atoms with Gasteiger partial charge in [0.15, 0.2) is 12.2 Å². The molecule has 2 aliphatic heterocycles. The van der Waals surface area contributed by atoms with Gasteiger partial charge in [-0.1, -0.05) is 11.6 Å². The molecule has 0 bridgehead atoms. The lowest BCUT2D eigenvalue weighted by molar-refractivity contribution is 0.109. The van der Waals surface area contributed by atoms with Gasteiger partial charge < -0.3 is 9.47 Å². The first-order chi connectivity index (χ1) is 6.34. The summed E-state index contributed by atoms with van der Waals surface area (Å²) in [6.45, 7) is 2.08. The van der Waals surface area contributed by atoms with Gasteiger partial charge in [0.05, 0.1) is 6.26 Å². The van der Waals surface area contributed by atoms with Crippen molar-refractivity contribution in [3.05, 3.63) is 41.7 Å². The van der Waals surface area contributed by atoms with Crippen molar-refractivity contribution in [1.82, 2.24) is 0 Å². The maximum atomic E-state index is 5.67. The largest absolute Gasteiger partial charge is 0.489 e. The van der Waals surface area contributed by atoms with Crippen molar-refractivity contribution in [1.29, 1.82) is 0 Å². The normalized spacial score (nSPS) is 27.8. The molecule has 0 aromatic heterocycles. The summed E-state index contributed by atoms with van der Waals surface area (Å²) in [4.78, 5) is 0. The fourth-order valence-electron chi connectivity index (χ4n) is 1.88. The van der Waals surface area contributed by atoms with Gasteiger partial charge in [-0.05, 0) is 25.1 Å². The molecular weight excluding hydrogens is 164 g/mol. The highest BCUT2D eigenvalue weighted by Crippen LogP contribution is 2.42. The summed E-state index contributed by atoms with van der Waals surface area (Å²) >= 11 is 0. The van der Waals surface area contributed by atoms with E-state index in [0.29, 0.717) is 0 Å². The second-order valence-electron chi connectivity index (χ2n) is 3.51. The molecule has 2 heterocycles. The maximum absolute atomic E-state index is 5.67. The summed E-state index contributed by atoms with van der Waals surface area (Å²) in [5.41, 5.74) is 2.42. The Balaban J connectivity index is 2.11. The summed E-state index contributed by atoms with van der Waals surface area (Å²) in [5, 5.41) is 0. The van der Waals surface area contributed by atoms with Crippen molar-refractivity contribution in [3.8, 4) is 5.75 Å². The molecule has 2 nitrogen and oxygen atoms in total. The SMILES string of the molecule is Cc1ccc2c(c1)[C@H]1OC=C[C@H]1O2. The molecule has 0 spiro atoms. The molecule has 66 valence electrons. The van der Waals surface area contributed by atoms with E-state index in [9.17, 15) is 0 Å². The van der Waals surface area contributed by atoms with Crippen molar-refractivity contribution < 1.29 is 9.47 Å². The quantitative estimate of drug-likeness (QED) is 0.601. The van der Waals surface area contributed by atoms with E-state index in [1.165, 1.54) is 11.1 Å². The minimum absolute atomic E-state index is 0.0925. The van der Waals surface area contributed by atoms with Crippen LogP contribution in [0.5, 0.6) is 5.75 Å². The summed E-state index contributed by atoms with van der Waals surface area (Å²) in [6.07, 6.45) is 3.87. The topological polar surface area (TPSA) is 18.5 Å². The Bertz CT molecular complexity index is 382. The molecule has 0 aliphatic carbocycles. The third kappa shape index (κ3) is 0.886. The fourth-order valence-corrected chi connectivity index (χ4v) is 1.88. The van der Waals surface area contributed by atoms with E-state index in [-0.39, 0.29) is 12.2 Å². The number of hydrogen-bond donors (Lipinski definition) is 0. The zero-order chi connectivity index (χ0) is 8.84. The van der Waals surface area contributed by atoms with E-state index < -0.39 is 0 Å². The lowest BCUT2D eigenvalue weighted by Crippen LogP contribution is -2.11. The van der Waals surface area contributed by atoms with Gasteiger partial charge in [-0.2, -0.15) is 0 Å². The fraction of sp³-hybridized carbons (Fsp3) is 0.273. The van der Waals surface area contributed by atoms with Crippen molar-refractivity contribution in [3.63, 3.8) is 0 Å². The third-order valence-electron chi connectivity index (χ3n) is 2.53. The second kappa shape index (κ2) is 2.28. The smallest absolute Gasteiger partial charge is 0.167 e. The molecule has 0 amide bonds. The average Bonchev–Trinajstić information content (AvgIpc) is 2.64. The lowest BCUT2D eigenvalue weighted by atomic mass is 10.1. The van der Waals surface area contributed by atoms with Crippen LogP contribution in [0.15, 0.2) is 30.5 Å². The number of rotatable bonds is 0. The minimum Gasteiger partial charge on any atom is -0.489 e. The predicted molar refractivity (Wildman–Crippen MR) is 48.6 cm³/mol. The molecule has 2 aliphatic rings. The number of hydrogen-bond acceptors (Lipinski definition) is 2. The number of ether oxygens (including phenoxy) is 2. The molecule has 2 atom stereocenters. The molecule has 2 heteroatoms. The molecule has 0 unspecified atom stereocenters. The molecule has 13 heavy (non-hydrogen) atoms. The van der Waals surface area contributed by atoms with E-state index in [4.69, 9.17) is 9.47 Å².